The molecule has 0 saturated heterocycles. The third kappa shape index (κ3) is 2.42. The first kappa shape index (κ1) is 10.5. The van der Waals surface area contributed by atoms with Gasteiger partial charge < -0.3 is 15.7 Å². The Labute approximate surface area is 78.7 Å². The van der Waals surface area contributed by atoms with E-state index in [0.29, 0.717) is 12.8 Å². The molecule has 13 heavy (non-hydrogen) atoms. The van der Waals surface area contributed by atoms with Crippen LogP contribution in [0, 0.1) is 5.92 Å². The van der Waals surface area contributed by atoms with Crippen molar-refractivity contribution in [3.05, 3.63) is 0 Å². The molecular formula is C9H18N2O2. The van der Waals surface area contributed by atoms with Crippen LogP contribution < -0.4 is 5.73 Å². The minimum absolute atomic E-state index is 0.00778. The Hall–Kier alpha value is -0.610. The summed E-state index contributed by atoms with van der Waals surface area (Å²) in [6.07, 6.45) is 1.58. The van der Waals surface area contributed by atoms with Crippen molar-refractivity contribution in [2.24, 2.45) is 11.7 Å². The van der Waals surface area contributed by atoms with Gasteiger partial charge in [0.15, 0.2) is 0 Å². The largest absolute Gasteiger partial charge is 0.392 e. The van der Waals surface area contributed by atoms with Crippen molar-refractivity contribution in [1.29, 1.82) is 0 Å². The van der Waals surface area contributed by atoms with Crippen molar-refractivity contribution in [2.45, 2.75) is 31.4 Å². The molecule has 76 valence electrons. The van der Waals surface area contributed by atoms with E-state index in [4.69, 9.17) is 5.73 Å². The van der Waals surface area contributed by atoms with E-state index in [0.717, 1.165) is 6.42 Å². The number of nitrogens with two attached hydrogens (primary N) is 1. The maximum Gasteiger partial charge on any atom is 0.225 e. The van der Waals surface area contributed by atoms with Crippen LogP contribution >= 0.6 is 0 Å². The number of aliphatic hydroxyl groups excluding tert-OH is 1. The summed E-state index contributed by atoms with van der Waals surface area (Å²) in [5, 5.41) is 9.37. The van der Waals surface area contributed by atoms with Gasteiger partial charge in [-0.3, -0.25) is 4.79 Å². The van der Waals surface area contributed by atoms with Crippen LogP contribution in [0.5, 0.6) is 0 Å². The van der Waals surface area contributed by atoms with Crippen molar-refractivity contribution >= 4 is 5.91 Å². The van der Waals surface area contributed by atoms with Gasteiger partial charge in [-0.25, -0.2) is 0 Å². The number of aliphatic hydroxyl groups is 1. The predicted molar refractivity (Wildman–Crippen MR) is 50.0 cm³/mol. The van der Waals surface area contributed by atoms with Crippen molar-refractivity contribution in [2.75, 3.05) is 14.1 Å². The van der Waals surface area contributed by atoms with E-state index < -0.39 is 6.10 Å². The topological polar surface area (TPSA) is 66.6 Å². The first-order valence-corrected chi connectivity index (χ1v) is 4.67. The van der Waals surface area contributed by atoms with Gasteiger partial charge in [0.2, 0.25) is 5.91 Å². The van der Waals surface area contributed by atoms with Gasteiger partial charge in [0, 0.05) is 26.1 Å². The van der Waals surface area contributed by atoms with Gasteiger partial charge >= 0.3 is 0 Å². The second-order valence-electron chi connectivity index (χ2n) is 3.97. The SMILES string of the molecule is CN(C)C(=O)[C@H]1CC[C@H](O)[C@@H](N)C1. The number of carbonyl (C=O) groups is 1. The summed E-state index contributed by atoms with van der Waals surface area (Å²) < 4.78 is 0. The van der Waals surface area contributed by atoms with E-state index >= 15 is 0 Å². The van der Waals surface area contributed by atoms with Gasteiger partial charge in [0.25, 0.3) is 0 Å². The Morgan fingerprint density at radius 3 is 2.54 bits per heavy atom. The zero-order chi connectivity index (χ0) is 10.0. The zero-order valence-corrected chi connectivity index (χ0v) is 8.23. The number of hydrogen-bond donors (Lipinski definition) is 2. The van der Waals surface area contributed by atoms with Gasteiger partial charge in [-0.1, -0.05) is 0 Å². The Morgan fingerprint density at radius 2 is 2.08 bits per heavy atom. The van der Waals surface area contributed by atoms with Crippen LogP contribution in [0.25, 0.3) is 0 Å². The molecule has 0 spiro atoms. The number of amides is 1. The molecule has 1 aliphatic carbocycles. The molecule has 0 aromatic heterocycles. The molecule has 0 heterocycles. The molecule has 0 aromatic carbocycles. The number of nitrogens with zero attached hydrogens (tertiary/aromatic N) is 1. The number of carbonyl (C=O) groups excluding carboxylic acids is 1. The fourth-order valence-corrected chi connectivity index (χ4v) is 1.78. The maximum atomic E-state index is 11.5. The molecule has 1 aliphatic rings. The molecular weight excluding hydrogens is 168 g/mol. The van der Waals surface area contributed by atoms with Crippen molar-refractivity contribution in [3.8, 4) is 0 Å². The fourth-order valence-electron chi connectivity index (χ4n) is 1.78. The maximum absolute atomic E-state index is 11.5. The summed E-state index contributed by atoms with van der Waals surface area (Å²) in [6.45, 7) is 0. The highest BCUT2D eigenvalue weighted by Crippen LogP contribution is 2.24. The summed E-state index contributed by atoms with van der Waals surface area (Å²) in [6, 6.07) is -0.234. The van der Waals surface area contributed by atoms with Crippen molar-refractivity contribution in [3.63, 3.8) is 0 Å². The van der Waals surface area contributed by atoms with E-state index in [9.17, 15) is 9.90 Å². The van der Waals surface area contributed by atoms with Crippen LogP contribution in [0.2, 0.25) is 0 Å². The van der Waals surface area contributed by atoms with Crippen LogP contribution in [0.3, 0.4) is 0 Å². The summed E-state index contributed by atoms with van der Waals surface area (Å²) in [5.74, 6) is 0.135. The molecule has 0 aliphatic heterocycles. The molecule has 4 heteroatoms. The minimum atomic E-state index is -0.425. The average molecular weight is 186 g/mol. The predicted octanol–water partition coefficient (Wildman–Crippen LogP) is -0.437. The smallest absolute Gasteiger partial charge is 0.225 e. The van der Waals surface area contributed by atoms with Crippen LogP contribution in [0.4, 0.5) is 0 Å². The van der Waals surface area contributed by atoms with E-state index in [-0.39, 0.29) is 17.9 Å². The highest BCUT2D eigenvalue weighted by Gasteiger charge is 2.31. The van der Waals surface area contributed by atoms with E-state index in [1.54, 1.807) is 19.0 Å². The van der Waals surface area contributed by atoms with Crippen LogP contribution in [0.1, 0.15) is 19.3 Å². The molecule has 1 rings (SSSR count). The molecule has 3 atom stereocenters. The van der Waals surface area contributed by atoms with Crippen LogP contribution in [-0.2, 0) is 4.79 Å². The van der Waals surface area contributed by atoms with E-state index in [1.165, 1.54) is 0 Å². The molecule has 0 bridgehead atoms. The third-order valence-corrected chi connectivity index (χ3v) is 2.65. The lowest BCUT2D eigenvalue weighted by molar-refractivity contribution is -0.134. The quantitative estimate of drug-likeness (QED) is 0.583. The number of hydrogen-bond acceptors (Lipinski definition) is 3. The second-order valence-corrected chi connectivity index (χ2v) is 3.97. The Balaban J connectivity index is 2.50. The van der Waals surface area contributed by atoms with E-state index in [1.807, 2.05) is 0 Å². The lowest BCUT2D eigenvalue weighted by Gasteiger charge is -2.31. The number of rotatable bonds is 1. The Kier molecular flexibility index (Phi) is 3.27. The zero-order valence-electron chi connectivity index (χ0n) is 8.23. The van der Waals surface area contributed by atoms with Gasteiger partial charge in [-0.2, -0.15) is 0 Å². The molecule has 3 N–H and O–H groups in total. The Bertz CT molecular complexity index is 194. The summed E-state index contributed by atoms with van der Waals surface area (Å²) in [4.78, 5) is 13.1. The highest BCUT2D eigenvalue weighted by atomic mass is 16.3. The van der Waals surface area contributed by atoms with Gasteiger partial charge in [-0.15, -0.1) is 0 Å². The standard InChI is InChI=1S/C9H18N2O2/c1-11(2)9(13)6-3-4-8(12)7(10)5-6/h6-8,12H,3-5,10H2,1-2H3/t6-,7-,8-/m0/s1. The Morgan fingerprint density at radius 1 is 1.46 bits per heavy atom. The minimum Gasteiger partial charge on any atom is -0.392 e. The van der Waals surface area contributed by atoms with Crippen LogP contribution in [-0.4, -0.2) is 42.2 Å². The molecule has 0 radical (unpaired) electrons. The molecule has 0 aromatic rings. The first-order chi connectivity index (χ1) is 6.02. The lowest BCUT2D eigenvalue weighted by atomic mass is 9.83. The molecule has 1 saturated carbocycles. The summed E-state index contributed by atoms with van der Waals surface area (Å²) >= 11 is 0. The fraction of sp³-hybridized carbons (Fsp3) is 0.889. The lowest BCUT2D eigenvalue weighted by Crippen LogP contribution is -2.44. The monoisotopic (exact) mass is 186 g/mol. The van der Waals surface area contributed by atoms with Gasteiger partial charge in [0.05, 0.1) is 6.10 Å². The normalized spacial score (nSPS) is 34.3. The molecule has 1 amide bonds. The molecule has 4 nitrogen and oxygen atoms in total. The van der Waals surface area contributed by atoms with Crippen LogP contribution in [0.15, 0.2) is 0 Å². The molecule has 0 unspecified atom stereocenters. The van der Waals surface area contributed by atoms with Gasteiger partial charge in [-0.05, 0) is 19.3 Å². The summed E-state index contributed by atoms with van der Waals surface area (Å²) in [5.41, 5.74) is 5.69. The molecule has 1 fully saturated rings. The third-order valence-electron chi connectivity index (χ3n) is 2.65. The average Bonchev–Trinajstić information content (AvgIpc) is 2.08. The van der Waals surface area contributed by atoms with Crippen molar-refractivity contribution in [1.82, 2.24) is 4.90 Å². The van der Waals surface area contributed by atoms with Crippen molar-refractivity contribution < 1.29 is 9.90 Å². The van der Waals surface area contributed by atoms with E-state index in [2.05, 4.69) is 0 Å². The first-order valence-electron chi connectivity index (χ1n) is 4.67. The second kappa shape index (κ2) is 4.07. The van der Waals surface area contributed by atoms with Gasteiger partial charge in [0.1, 0.15) is 0 Å². The summed E-state index contributed by atoms with van der Waals surface area (Å²) in [7, 11) is 3.50. The highest BCUT2D eigenvalue weighted by molar-refractivity contribution is 5.78.